The number of carbonyl (C=O) groups excluding carboxylic acids is 1. The summed E-state index contributed by atoms with van der Waals surface area (Å²) in [7, 11) is 0. The fraction of sp³-hybridized carbons (Fsp3) is 0.250. The molecule has 3 heterocycles. The van der Waals surface area contributed by atoms with E-state index in [4.69, 9.17) is 4.98 Å². The van der Waals surface area contributed by atoms with E-state index in [-0.39, 0.29) is 5.91 Å². The molecule has 26 heavy (non-hydrogen) atoms. The van der Waals surface area contributed by atoms with Crippen molar-refractivity contribution in [1.29, 1.82) is 0 Å². The molecule has 4 aromatic rings. The van der Waals surface area contributed by atoms with Crippen LogP contribution in [0.15, 0.2) is 41.8 Å². The average molecular weight is 364 g/mol. The van der Waals surface area contributed by atoms with Gasteiger partial charge < -0.3 is 5.32 Å². The summed E-state index contributed by atoms with van der Waals surface area (Å²) in [5.41, 5.74) is 2.94. The van der Waals surface area contributed by atoms with Gasteiger partial charge in [-0.15, -0.1) is 11.3 Å². The standard InChI is InChI=1S/C20H20N4OS/c1-3-4-9-24-19-15(12-14-11-13(2)7-8-16(14)21-19)18(23-24)22-20(25)17-6-5-10-26-17/h5-8,10-12H,3-4,9H2,1-2H3,(H,22,23,25). The van der Waals surface area contributed by atoms with Crippen molar-refractivity contribution in [3.8, 4) is 0 Å². The molecule has 0 radical (unpaired) electrons. The van der Waals surface area contributed by atoms with Crippen LogP contribution in [0.5, 0.6) is 0 Å². The van der Waals surface area contributed by atoms with Gasteiger partial charge in [0.05, 0.1) is 15.8 Å². The number of anilines is 1. The number of aryl methyl sites for hydroxylation is 2. The van der Waals surface area contributed by atoms with Gasteiger partial charge in [-0.2, -0.15) is 5.10 Å². The van der Waals surface area contributed by atoms with Crippen molar-refractivity contribution in [2.75, 3.05) is 5.32 Å². The van der Waals surface area contributed by atoms with Gasteiger partial charge in [0.15, 0.2) is 11.5 Å². The zero-order valence-corrected chi connectivity index (χ0v) is 15.6. The van der Waals surface area contributed by atoms with E-state index in [1.165, 1.54) is 16.9 Å². The van der Waals surface area contributed by atoms with Crippen LogP contribution in [0.25, 0.3) is 21.9 Å². The molecular weight excluding hydrogens is 344 g/mol. The highest BCUT2D eigenvalue weighted by Crippen LogP contribution is 2.27. The van der Waals surface area contributed by atoms with E-state index >= 15 is 0 Å². The fourth-order valence-corrected chi connectivity index (χ4v) is 3.63. The minimum atomic E-state index is -0.133. The minimum absolute atomic E-state index is 0.133. The number of thiophene rings is 1. The van der Waals surface area contributed by atoms with Crippen LogP contribution in [-0.2, 0) is 6.54 Å². The Bertz CT molecular complexity index is 1080. The molecule has 3 aromatic heterocycles. The summed E-state index contributed by atoms with van der Waals surface area (Å²) in [5.74, 6) is 0.441. The van der Waals surface area contributed by atoms with Crippen LogP contribution in [-0.4, -0.2) is 20.7 Å². The third-order valence-electron chi connectivity index (χ3n) is 4.37. The first kappa shape index (κ1) is 16.7. The maximum absolute atomic E-state index is 12.5. The Morgan fingerprint density at radius 1 is 1.27 bits per heavy atom. The Morgan fingerprint density at radius 2 is 2.15 bits per heavy atom. The maximum Gasteiger partial charge on any atom is 0.266 e. The topological polar surface area (TPSA) is 59.8 Å². The van der Waals surface area contributed by atoms with E-state index < -0.39 is 0 Å². The summed E-state index contributed by atoms with van der Waals surface area (Å²) in [5, 5.41) is 11.4. The number of carbonyl (C=O) groups is 1. The Labute approximate surface area is 155 Å². The van der Waals surface area contributed by atoms with Gasteiger partial charge in [0.1, 0.15) is 0 Å². The lowest BCUT2D eigenvalue weighted by molar-refractivity contribution is 0.103. The number of aromatic nitrogens is 3. The molecule has 0 saturated carbocycles. The van der Waals surface area contributed by atoms with Gasteiger partial charge >= 0.3 is 0 Å². The fourth-order valence-electron chi connectivity index (χ4n) is 3.01. The molecule has 0 spiro atoms. The molecule has 1 N–H and O–H groups in total. The van der Waals surface area contributed by atoms with Crippen molar-refractivity contribution in [2.24, 2.45) is 0 Å². The van der Waals surface area contributed by atoms with Gasteiger partial charge in [-0.3, -0.25) is 4.79 Å². The molecule has 0 aliphatic heterocycles. The average Bonchev–Trinajstić information content (AvgIpc) is 3.27. The Hall–Kier alpha value is -2.73. The first-order chi connectivity index (χ1) is 12.7. The Balaban J connectivity index is 1.83. The summed E-state index contributed by atoms with van der Waals surface area (Å²) in [4.78, 5) is 18.0. The monoisotopic (exact) mass is 364 g/mol. The lowest BCUT2D eigenvalue weighted by Crippen LogP contribution is -2.11. The van der Waals surface area contributed by atoms with Gasteiger partial charge in [-0.1, -0.05) is 31.0 Å². The molecule has 0 unspecified atom stereocenters. The van der Waals surface area contributed by atoms with Crippen molar-refractivity contribution in [3.05, 3.63) is 52.2 Å². The number of rotatable bonds is 5. The van der Waals surface area contributed by atoms with Crippen LogP contribution >= 0.6 is 11.3 Å². The molecule has 0 fully saturated rings. The lowest BCUT2D eigenvalue weighted by atomic mass is 10.1. The third kappa shape index (κ3) is 3.08. The number of fused-ring (bicyclic) bond motifs is 2. The number of pyridine rings is 1. The largest absolute Gasteiger partial charge is 0.304 e. The van der Waals surface area contributed by atoms with E-state index in [0.717, 1.165) is 41.3 Å². The lowest BCUT2D eigenvalue weighted by Gasteiger charge is -2.03. The Kier molecular flexibility index (Phi) is 4.42. The van der Waals surface area contributed by atoms with Gasteiger partial charge in [0, 0.05) is 11.9 Å². The second-order valence-electron chi connectivity index (χ2n) is 6.41. The summed E-state index contributed by atoms with van der Waals surface area (Å²) in [6, 6.07) is 12.0. The normalized spacial score (nSPS) is 11.3. The predicted molar refractivity (Wildman–Crippen MR) is 107 cm³/mol. The number of hydrogen-bond acceptors (Lipinski definition) is 4. The van der Waals surface area contributed by atoms with Crippen LogP contribution in [0.3, 0.4) is 0 Å². The highest BCUT2D eigenvalue weighted by atomic mass is 32.1. The van der Waals surface area contributed by atoms with E-state index in [0.29, 0.717) is 10.7 Å². The summed E-state index contributed by atoms with van der Waals surface area (Å²) in [6.45, 7) is 5.00. The van der Waals surface area contributed by atoms with Gasteiger partial charge in [0.2, 0.25) is 0 Å². The SMILES string of the molecule is CCCCn1nc(NC(=O)c2cccs2)c2cc3cc(C)ccc3nc21. The smallest absolute Gasteiger partial charge is 0.266 e. The van der Waals surface area contributed by atoms with Gasteiger partial charge in [-0.25, -0.2) is 9.67 Å². The van der Waals surface area contributed by atoms with Gasteiger partial charge in [0.25, 0.3) is 5.91 Å². The van der Waals surface area contributed by atoms with E-state index in [9.17, 15) is 4.79 Å². The quantitative estimate of drug-likeness (QED) is 0.542. The van der Waals surface area contributed by atoms with E-state index in [1.807, 2.05) is 28.3 Å². The van der Waals surface area contributed by atoms with Crippen LogP contribution in [0.2, 0.25) is 0 Å². The number of nitrogens with zero attached hydrogens (tertiary/aromatic N) is 3. The third-order valence-corrected chi connectivity index (χ3v) is 5.24. The molecule has 6 heteroatoms. The molecule has 132 valence electrons. The van der Waals surface area contributed by atoms with E-state index in [2.05, 4.69) is 42.5 Å². The highest BCUT2D eigenvalue weighted by molar-refractivity contribution is 7.12. The zero-order chi connectivity index (χ0) is 18.1. The minimum Gasteiger partial charge on any atom is -0.304 e. The molecule has 1 amide bonds. The number of unbranched alkanes of at least 4 members (excludes halogenated alkanes) is 1. The van der Waals surface area contributed by atoms with Crippen molar-refractivity contribution in [1.82, 2.24) is 14.8 Å². The number of hydrogen-bond donors (Lipinski definition) is 1. The van der Waals surface area contributed by atoms with Gasteiger partial charge in [-0.05, 0) is 43.0 Å². The van der Waals surface area contributed by atoms with Crippen LogP contribution < -0.4 is 5.32 Å². The van der Waals surface area contributed by atoms with Crippen LogP contribution in [0.1, 0.15) is 35.0 Å². The number of benzene rings is 1. The Morgan fingerprint density at radius 3 is 2.92 bits per heavy atom. The first-order valence-electron chi connectivity index (χ1n) is 8.78. The van der Waals surface area contributed by atoms with Crippen molar-refractivity contribution in [3.63, 3.8) is 0 Å². The number of amides is 1. The molecule has 4 rings (SSSR count). The van der Waals surface area contributed by atoms with Crippen LogP contribution in [0.4, 0.5) is 5.82 Å². The maximum atomic E-state index is 12.5. The molecule has 1 aromatic carbocycles. The summed E-state index contributed by atoms with van der Waals surface area (Å²) < 4.78 is 1.90. The summed E-state index contributed by atoms with van der Waals surface area (Å²) >= 11 is 1.42. The number of nitrogens with one attached hydrogen (secondary N) is 1. The molecule has 0 bridgehead atoms. The van der Waals surface area contributed by atoms with Crippen molar-refractivity contribution >= 4 is 45.0 Å². The van der Waals surface area contributed by atoms with Crippen molar-refractivity contribution < 1.29 is 4.79 Å². The molecular formula is C20H20N4OS. The second-order valence-corrected chi connectivity index (χ2v) is 7.36. The highest BCUT2D eigenvalue weighted by Gasteiger charge is 2.16. The van der Waals surface area contributed by atoms with E-state index in [1.54, 1.807) is 0 Å². The predicted octanol–water partition coefficient (Wildman–Crippen LogP) is 5.01. The first-order valence-corrected chi connectivity index (χ1v) is 9.66. The molecule has 5 nitrogen and oxygen atoms in total. The van der Waals surface area contributed by atoms with Crippen LogP contribution in [0, 0.1) is 6.92 Å². The molecule has 0 atom stereocenters. The van der Waals surface area contributed by atoms with Crippen molar-refractivity contribution in [2.45, 2.75) is 33.2 Å². The zero-order valence-electron chi connectivity index (χ0n) is 14.8. The molecule has 0 saturated heterocycles. The molecule has 0 aliphatic rings. The summed E-state index contributed by atoms with van der Waals surface area (Å²) in [6.07, 6.45) is 2.09. The molecule has 0 aliphatic carbocycles. The second kappa shape index (κ2) is 6.88.